The van der Waals surface area contributed by atoms with Crippen LogP contribution in [-0.2, 0) is 0 Å². The molecule has 1 N–H and O–H groups in total. The van der Waals surface area contributed by atoms with Gasteiger partial charge in [-0.2, -0.15) is 0 Å². The molecule has 4 heteroatoms. The zero-order chi connectivity index (χ0) is 8.97. The summed E-state index contributed by atoms with van der Waals surface area (Å²) in [6.07, 6.45) is 3.70. The lowest BCUT2D eigenvalue weighted by Crippen LogP contribution is -2.20. The molecule has 0 spiro atoms. The summed E-state index contributed by atoms with van der Waals surface area (Å²) in [6, 6.07) is 0. The van der Waals surface area contributed by atoms with Crippen LogP contribution in [0.25, 0.3) is 0 Å². The number of hydrogen-bond donors (Lipinski definition) is 1. The van der Waals surface area contributed by atoms with Crippen molar-refractivity contribution in [1.29, 1.82) is 0 Å². The molecular formula is C8H10N2O2. The van der Waals surface area contributed by atoms with Crippen molar-refractivity contribution in [2.75, 3.05) is 0 Å². The highest BCUT2D eigenvalue weighted by atomic mass is 16.3. The summed E-state index contributed by atoms with van der Waals surface area (Å²) in [5.41, 5.74) is 0.215. The smallest absolute Gasteiger partial charge is 0.211 e. The van der Waals surface area contributed by atoms with E-state index in [2.05, 4.69) is 9.97 Å². The Balaban J connectivity index is 2.79. The van der Waals surface area contributed by atoms with Crippen molar-refractivity contribution in [1.82, 2.24) is 9.97 Å². The first-order valence-corrected chi connectivity index (χ1v) is 3.74. The predicted molar refractivity (Wildman–Crippen MR) is 42.7 cm³/mol. The average Bonchev–Trinajstić information content (AvgIpc) is 2.17. The van der Waals surface area contributed by atoms with Crippen LogP contribution in [0.3, 0.4) is 0 Å². The third-order valence-corrected chi connectivity index (χ3v) is 1.50. The molecule has 0 aromatic carbocycles. The van der Waals surface area contributed by atoms with Crippen LogP contribution in [0.15, 0.2) is 18.6 Å². The van der Waals surface area contributed by atoms with Crippen LogP contribution >= 0.6 is 0 Å². The fourth-order valence-electron chi connectivity index (χ4n) is 0.782. The van der Waals surface area contributed by atoms with E-state index in [4.69, 9.17) is 5.11 Å². The summed E-state index contributed by atoms with van der Waals surface area (Å²) >= 11 is 0. The molecule has 0 amide bonds. The number of ketones is 1. The number of hydrogen-bond acceptors (Lipinski definition) is 4. The molecule has 1 aromatic heterocycles. The number of rotatable bonds is 3. The Labute approximate surface area is 70.3 Å². The van der Waals surface area contributed by atoms with Gasteiger partial charge in [0.1, 0.15) is 11.8 Å². The maximum atomic E-state index is 11.2. The van der Waals surface area contributed by atoms with Gasteiger partial charge in [-0.1, -0.05) is 6.92 Å². The van der Waals surface area contributed by atoms with E-state index in [1.807, 2.05) is 0 Å². The first-order valence-electron chi connectivity index (χ1n) is 3.74. The zero-order valence-corrected chi connectivity index (χ0v) is 6.77. The van der Waals surface area contributed by atoms with Crippen molar-refractivity contribution in [3.8, 4) is 0 Å². The molecule has 0 aliphatic carbocycles. The molecule has 1 aromatic rings. The van der Waals surface area contributed by atoms with Gasteiger partial charge < -0.3 is 5.11 Å². The Kier molecular flexibility index (Phi) is 2.88. The van der Waals surface area contributed by atoms with E-state index in [1.54, 1.807) is 6.92 Å². The molecule has 12 heavy (non-hydrogen) atoms. The highest BCUT2D eigenvalue weighted by molar-refractivity contribution is 5.97. The standard InChI is InChI=1S/C8H10N2O2/c1-2-7(11)8(12)6-5-9-3-4-10-6/h3-5,7,11H,2H2,1H3. The summed E-state index contributed by atoms with van der Waals surface area (Å²) < 4.78 is 0. The predicted octanol–water partition coefficient (Wildman–Crippen LogP) is 0.430. The first-order chi connectivity index (χ1) is 5.75. The Morgan fingerprint density at radius 2 is 2.42 bits per heavy atom. The fraction of sp³-hybridized carbons (Fsp3) is 0.375. The molecule has 64 valence electrons. The summed E-state index contributed by atoms with van der Waals surface area (Å²) in [5, 5.41) is 9.16. The minimum atomic E-state index is -0.957. The van der Waals surface area contributed by atoms with Crippen LogP contribution in [-0.4, -0.2) is 27.0 Å². The topological polar surface area (TPSA) is 63.1 Å². The molecule has 1 rings (SSSR count). The quantitative estimate of drug-likeness (QED) is 0.661. The lowest BCUT2D eigenvalue weighted by molar-refractivity contribution is 0.0735. The third kappa shape index (κ3) is 1.85. The van der Waals surface area contributed by atoms with Gasteiger partial charge in [0.05, 0.1) is 6.20 Å². The minimum absolute atomic E-state index is 0.215. The number of aliphatic hydroxyl groups is 1. The molecular weight excluding hydrogens is 156 g/mol. The van der Waals surface area contributed by atoms with Crippen LogP contribution in [0, 0.1) is 0 Å². The highest BCUT2D eigenvalue weighted by Gasteiger charge is 2.15. The Morgan fingerprint density at radius 3 is 2.92 bits per heavy atom. The molecule has 1 heterocycles. The van der Waals surface area contributed by atoms with E-state index in [1.165, 1.54) is 18.6 Å². The van der Waals surface area contributed by atoms with E-state index in [0.29, 0.717) is 6.42 Å². The lowest BCUT2D eigenvalue weighted by atomic mass is 10.1. The molecule has 0 radical (unpaired) electrons. The van der Waals surface area contributed by atoms with E-state index >= 15 is 0 Å². The van der Waals surface area contributed by atoms with Crippen LogP contribution in [0.1, 0.15) is 23.8 Å². The van der Waals surface area contributed by atoms with Crippen molar-refractivity contribution < 1.29 is 9.90 Å². The number of aromatic nitrogens is 2. The lowest BCUT2D eigenvalue weighted by Gasteiger charge is -2.03. The minimum Gasteiger partial charge on any atom is -0.385 e. The number of Topliss-reactive ketones (excluding diaryl/α,β-unsaturated/α-hetero) is 1. The van der Waals surface area contributed by atoms with Crippen molar-refractivity contribution in [3.63, 3.8) is 0 Å². The average molecular weight is 166 g/mol. The molecule has 0 bridgehead atoms. The van der Waals surface area contributed by atoms with Crippen molar-refractivity contribution in [3.05, 3.63) is 24.3 Å². The number of nitrogens with zero attached hydrogens (tertiary/aromatic N) is 2. The van der Waals surface area contributed by atoms with Crippen LogP contribution in [0.2, 0.25) is 0 Å². The fourth-order valence-corrected chi connectivity index (χ4v) is 0.782. The molecule has 4 nitrogen and oxygen atoms in total. The van der Waals surface area contributed by atoms with Crippen LogP contribution in [0.4, 0.5) is 0 Å². The van der Waals surface area contributed by atoms with E-state index in [9.17, 15) is 4.79 Å². The van der Waals surface area contributed by atoms with Crippen LogP contribution in [0.5, 0.6) is 0 Å². The first kappa shape index (κ1) is 8.80. The van der Waals surface area contributed by atoms with E-state index in [-0.39, 0.29) is 11.5 Å². The van der Waals surface area contributed by atoms with E-state index < -0.39 is 6.10 Å². The Hall–Kier alpha value is -1.29. The number of carbonyl (C=O) groups excluding carboxylic acids is 1. The molecule has 0 saturated carbocycles. The van der Waals surface area contributed by atoms with Crippen LogP contribution < -0.4 is 0 Å². The second kappa shape index (κ2) is 3.92. The molecule has 0 fully saturated rings. The van der Waals surface area contributed by atoms with Gasteiger partial charge in [-0.15, -0.1) is 0 Å². The molecule has 0 aliphatic rings. The van der Waals surface area contributed by atoms with Crippen molar-refractivity contribution in [2.24, 2.45) is 0 Å². The molecule has 0 saturated heterocycles. The highest BCUT2D eigenvalue weighted by Crippen LogP contribution is 2.00. The van der Waals surface area contributed by atoms with Gasteiger partial charge >= 0.3 is 0 Å². The maximum absolute atomic E-state index is 11.2. The summed E-state index contributed by atoms with van der Waals surface area (Å²) in [6.45, 7) is 1.74. The van der Waals surface area contributed by atoms with Gasteiger partial charge in [0.2, 0.25) is 5.78 Å². The van der Waals surface area contributed by atoms with Gasteiger partial charge in [-0.05, 0) is 6.42 Å². The number of carbonyl (C=O) groups is 1. The molecule has 1 atom stereocenters. The SMILES string of the molecule is CCC(O)C(=O)c1cnccn1. The summed E-state index contributed by atoms with van der Waals surface area (Å²) in [5.74, 6) is -0.370. The number of aliphatic hydroxyl groups excluding tert-OH is 1. The Bertz CT molecular complexity index is 261. The summed E-state index contributed by atoms with van der Waals surface area (Å²) in [4.78, 5) is 18.7. The van der Waals surface area contributed by atoms with Gasteiger partial charge in [-0.25, -0.2) is 4.98 Å². The van der Waals surface area contributed by atoms with Crippen molar-refractivity contribution >= 4 is 5.78 Å². The largest absolute Gasteiger partial charge is 0.385 e. The second-order valence-electron chi connectivity index (χ2n) is 2.38. The normalized spacial score (nSPS) is 12.5. The molecule has 1 unspecified atom stereocenters. The van der Waals surface area contributed by atoms with E-state index in [0.717, 1.165) is 0 Å². The van der Waals surface area contributed by atoms with Crippen molar-refractivity contribution in [2.45, 2.75) is 19.4 Å². The zero-order valence-electron chi connectivity index (χ0n) is 6.77. The third-order valence-electron chi connectivity index (χ3n) is 1.50. The maximum Gasteiger partial charge on any atom is 0.211 e. The van der Waals surface area contributed by atoms with Gasteiger partial charge in [-0.3, -0.25) is 9.78 Å². The molecule has 0 aliphatic heterocycles. The van der Waals surface area contributed by atoms with Gasteiger partial charge in [0, 0.05) is 12.4 Å². The Morgan fingerprint density at radius 1 is 1.67 bits per heavy atom. The monoisotopic (exact) mass is 166 g/mol. The second-order valence-corrected chi connectivity index (χ2v) is 2.38. The summed E-state index contributed by atoms with van der Waals surface area (Å²) in [7, 11) is 0. The van der Waals surface area contributed by atoms with Gasteiger partial charge in [0.25, 0.3) is 0 Å². The van der Waals surface area contributed by atoms with Gasteiger partial charge in [0.15, 0.2) is 0 Å².